The van der Waals surface area contributed by atoms with E-state index < -0.39 is 29.4 Å². The third-order valence-electron chi connectivity index (χ3n) is 4.35. The van der Waals surface area contributed by atoms with Crippen molar-refractivity contribution >= 4 is 29.2 Å². The molecule has 0 fully saturated rings. The van der Waals surface area contributed by atoms with Crippen molar-refractivity contribution in [3.63, 3.8) is 0 Å². The topological polar surface area (TPSA) is 64.6 Å². The maximum atomic E-state index is 14.1. The summed E-state index contributed by atoms with van der Waals surface area (Å²) in [6.07, 6.45) is -1.33. The Balaban J connectivity index is 1.93. The number of amides is 1. The number of aryl methyl sites for hydroxylation is 1. The average Bonchev–Trinajstić information content (AvgIpc) is 2.72. The normalized spacial score (nSPS) is 11.5. The predicted octanol–water partition coefficient (Wildman–Crippen LogP) is 5.33. The van der Waals surface area contributed by atoms with Gasteiger partial charge in [-0.25, -0.2) is 9.18 Å². The fraction of sp³-hybridized carbons (Fsp3) is 0.130. The molecule has 1 N–H and O–H groups in total. The summed E-state index contributed by atoms with van der Waals surface area (Å²) in [5.41, 5.74) is 1.31. The van der Waals surface area contributed by atoms with E-state index in [0.717, 1.165) is 11.6 Å². The summed E-state index contributed by atoms with van der Waals surface area (Å²) in [4.78, 5) is 25.7. The van der Waals surface area contributed by atoms with Gasteiger partial charge in [0.25, 0.3) is 5.91 Å². The van der Waals surface area contributed by atoms with Crippen LogP contribution in [0.5, 0.6) is 5.75 Å². The second kappa shape index (κ2) is 9.41. The first-order valence-corrected chi connectivity index (χ1v) is 9.44. The first kappa shape index (κ1) is 21.3. The van der Waals surface area contributed by atoms with Crippen LogP contribution in [0.1, 0.15) is 27.6 Å². The van der Waals surface area contributed by atoms with E-state index in [0.29, 0.717) is 17.0 Å². The second-order valence-electron chi connectivity index (χ2n) is 6.49. The molecule has 0 unspecified atom stereocenters. The molecule has 5 nitrogen and oxygen atoms in total. The van der Waals surface area contributed by atoms with Gasteiger partial charge in [0.2, 0.25) is 6.10 Å². The number of methoxy groups -OCH3 is 1. The average molecular weight is 428 g/mol. The molecular weight excluding hydrogens is 409 g/mol. The van der Waals surface area contributed by atoms with Crippen molar-refractivity contribution in [1.29, 1.82) is 0 Å². The molecule has 0 aliphatic carbocycles. The first-order valence-electron chi connectivity index (χ1n) is 9.06. The molecule has 3 aromatic rings. The molecule has 1 atom stereocenters. The van der Waals surface area contributed by atoms with Gasteiger partial charge < -0.3 is 14.8 Å². The maximum Gasteiger partial charge on any atom is 0.343 e. The van der Waals surface area contributed by atoms with Gasteiger partial charge in [-0.05, 0) is 36.8 Å². The molecular formula is C23H19ClFNO4. The van der Waals surface area contributed by atoms with E-state index in [1.807, 2.05) is 13.0 Å². The number of carbonyl (C=O) groups is 2. The first-order chi connectivity index (χ1) is 14.4. The quantitative estimate of drug-likeness (QED) is 0.540. The lowest BCUT2D eigenvalue weighted by atomic mass is 10.1. The van der Waals surface area contributed by atoms with Gasteiger partial charge >= 0.3 is 5.97 Å². The van der Waals surface area contributed by atoms with Gasteiger partial charge in [-0.2, -0.15) is 0 Å². The van der Waals surface area contributed by atoms with Gasteiger partial charge in [-0.1, -0.05) is 54.1 Å². The van der Waals surface area contributed by atoms with E-state index in [2.05, 4.69) is 5.32 Å². The van der Waals surface area contributed by atoms with Gasteiger partial charge in [0.05, 0.1) is 17.8 Å². The summed E-state index contributed by atoms with van der Waals surface area (Å²) < 4.78 is 24.8. The number of nitrogens with one attached hydrogen (secondary N) is 1. The molecule has 0 heterocycles. The molecule has 0 radical (unpaired) electrons. The third kappa shape index (κ3) is 4.78. The molecule has 0 aliphatic heterocycles. The minimum absolute atomic E-state index is 0.104. The highest BCUT2D eigenvalue weighted by Crippen LogP contribution is 2.29. The second-order valence-corrected chi connectivity index (χ2v) is 6.89. The zero-order valence-electron chi connectivity index (χ0n) is 16.3. The lowest BCUT2D eigenvalue weighted by Gasteiger charge is -2.19. The van der Waals surface area contributed by atoms with Crippen LogP contribution in [-0.4, -0.2) is 19.0 Å². The number of halogens is 2. The molecule has 7 heteroatoms. The van der Waals surface area contributed by atoms with Gasteiger partial charge in [0.15, 0.2) is 0 Å². The Bertz CT molecular complexity index is 1050. The molecule has 3 aromatic carbocycles. The van der Waals surface area contributed by atoms with Gasteiger partial charge in [-0.3, -0.25) is 4.79 Å². The molecule has 0 aliphatic rings. The van der Waals surface area contributed by atoms with Crippen molar-refractivity contribution in [2.75, 3.05) is 12.4 Å². The zero-order chi connectivity index (χ0) is 21.7. The Morgan fingerprint density at radius 1 is 1.03 bits per heavy atom. The molecule has 154 valence electrons. The third-order valence-corrected chi connectivity index (χ3v) is 4.66. The highest BCUT2D eigenvalue weighted by atomic mass is 35.5. The van der Waals surface area contributed by atoms with E-state index in [1.165, 1.54) is 19.2 Å². The van der Waals surface area contributed by atoms with Crippen LogP contribution in [0.4, 0.5) is 10.1 Å². The summed E-state index contributed by atoms with van der Waals surface area (Å²) in [6, 6.07) is 17.6. The monoisotopic (exact) mass is 427 g/mol. The fourth-order valence-corrected chi connectivity index (χ4v) is 3.12. The van der Waals surface area contributed by atoms with Crippen LogP contribution in [0.15, 0.2) is 66.7 Å². The van der Waals surface area contributed by atoms with Crippen LogP contribution in [0.3, 0.4) is 0 Å². The lowest BCUT2D eigenvalue weighted by Crippen LogP contribution is -2.26. The SMILES string of the molecule is COc1ccc(C)cc1NC(=O)[C@H](OC(=O)c1c(F)cccc1Cl)c1ccccc1. The van der Waals surface area contributed by atoms with Crippen molar-refractivity contribution in [2.24, 2.45) is 0 Å². The van der Waals surface area contributed by atoms with Crippen molar-refractivity contribution in [1.82, 2.24) is 0 Å². The molecule has 0 bridgehead atoms. The smallest absolute Gasteiger partial charge is 0.343 e. The van der Waals surface area contributed by atoms with Gasteiger partial charge in [0.1, 0.15) is 17.1 Å². The van der Waals surface area contributed by atoms with Crippen LogP contribution in [0.2, 0.25) is 5.02 Å². The molecule has 1 amide bonds. The number of anilines is 1. The number of hydrogen-bond acceptors (Lipinski definition) is 4. The summed E-state index contributed by atoms with van der Waals surface area (Å²) in [7, 11) is 1.48. The minimum Gasteiger partial charge on any atom is -0.495 e. The summed E-state index contributed by atoms with van der Waals surface area (Å²) in [5, 5.41) is 2.61. The van der Waals surface area contributed by atoms with Crippen molar-refractivity contribution in [2.45, 2.75) is 13.0 Å². The maximum absolute atomic E-state index is 14.1. The van der Waals surface area contributed by atoms with E-state index >= 15 is 0 Å². The Morgan fingerprint density at radius 2 is 1.77 bits per heavy atom. The van der Waals surface area contributed by atoms with Crippen LogP contribution in [0.25, 0.3) is 0 Å². The van der Waals surface area contributed by atoms with Crippen LogP contribution in [-0.2, 0) is 9.53 Å². The zero-order valence-corrected chi connectivity index (χ0v) is 17.1. The molecule has 0 aromatic heterocycles. The van der Waals surface area contributed by atoms with Crippen LogP contribution in [0, 0.1) is 12.7 Å². The lowest BCUT2D eigenvalue weighted by molar-refractivity contribution is -0.125. The molecule has 0 saturated heterocycles. The minimum atomic E-state index is -1.33. The Morgan fingerprint density at radius 3 is 2.43 bits per heavy atom. The predicted molar refractivity (Wildman–Crippen MR) is 112 cm³/mol. The van der Waals surface area contributed by atoms with E-state index in [9.17, 15) is 14.0 Å². The molecule has 3 rings (SSSR count). The van der Waals surface area contributed by atoms with Crippen molar-refractivity contribution in [3.8, 4) is 5.75 Å². The summed E-state index contributed by atoms with van der Waals surface area (Å²) >= 11 is 5.96. The Hall–Kier alpha value is -3.38. The molecule has 0 spiro atoms. The van der Waals surface area contributed by atoms with Crippen LogP contribution < -0.4 is 10.1 Å². The highest BCUT2D eigenvalue weighted by Gasteiger charge is 2.28. The Kier molecular flexibility index (Phi) is 6.69. The number of rotatable bonds is 6. The van der Waals surface area contributed by atoms with Crippen molar-refractivity contribution < 1.29 is 23.5 Å². The largest absolute Gasteiger partial charge is 0.495 e. The van der Waals surface area contributed by atoms with E-state index in [4.69, 9.17) is 21.1 Å². The number of benzene rings is 3. The summed E-state index contributed by atoms with van der Waals surface area (Å²) in [5.74, 6) is -2.05. The van der Waals surface area contributed by atoms with E-state index in [1.54, 1.807) is 42.5 Å². The van der Waals surface area contributed by atoms with Crippen LogP contribution >= 0.6 is 11.6 Å². The standard InChI is InChI=1S/C23H19ClFNO4/c1-14-11-12-19(29-2)18(13-14)26-22(27)21(15-7-4-3-5-8-15)30-23(28)20-16(24)9-6-10-17(20)25/h3-13,21H,1-2H3,(H,26,27)/t21-/m1/s1. The molecule has 30 heavy (non-hydrogen) atoms. The number of esters is 1. The highest BCUT2D eigenvalue weighted by molar-refractivity contribution is 6.33. The Labute approximate surface area is 178 Å². The van der Waals surface area contributed by atoms with Gasteiger partial charge in [-0.15, -0.1) is 0 Å². The van der Waals surface area contributed by atoms with E-state index in [-0.39, 0.29) is 5.02 Å². The fourth-order valence-electron chi connectivity index (χ4n) is 2.88. The number of carbonyl (C=O) groups excluding carboxylic acids is 2. The van der Waals surface area contributed by atoms with Crippen molar-refractivity contribution in [3.05, 3.63) is 94.3 Å². The number of hydrogen-bond donors (Lipinski definition) is 1. The molecule has 0 saturated carbocycles. The number of ether oxygens (including phenoxy) is 2. The summed E-state index contributed by atoms with van der Waals surface area (Å²) in [6.45, 7) is 1.87. The van der Waals surface area contributed by atoms with Gasteiger partial charge in [0, 0.05) is 5.56 Å².